The average Bonchev–Trinajstić information content (AvgIpc) is 2.43. The molecule has 1 aromatic rings. The van der Waals surface area contributed by atoms with Gasteiger partial charge in [-0.15, -0.1) is 0 Å². The lowest BCUT2D eigenvalue weighted by molar-refractivity contribution is 0.105. The van der Waals surface area contributed by atoms with Crippen molar-refractivity contribution in [2.75, 3.05) is 26.7 Å². The molecule has 2 heterocycles. The van der Waals surface area contributed by atoms with Gasteiger partial charge in [0.15, 0.2) is 0 Å². The molecule has 1 N–H and O–H groups in total. The summed E-state index contributed by atoms with van der Waals surface area (Å²) in [6.45, 7) is 10.4. The number of nitrogens with zero attached hydrogens (tertiary/aromatic N) is 3. The molecule has 0 saturated carbocycles. The Morgan fingerprint density at radius 2 is 2.10 bits per heavy atom. The van der Waals surface area contributed by atoms with Gasteiger partial charge in [0.25, 0.3) is 0 Å². The van der Waals surface area contributed by atoms with Gasteiger partial charge in [0, 0.05) is 37.1 Å². The van der Waals surface area contributed by atoms with Crippen LogP contribution in [-0.2, 0) is 6.54 Å². The van der Waals surface area contributed by atoms with E-state index in [4.69, 9.17) is 4.74 Å². The zero-order valence-corrected chi connectivity index (χ0v) is 13.7. The van der Waals surface area contributed by atoms with Gasteiger partial charge >= 0.3 is 6.01 Å². The maximum atomic E-state index is 5.91. The second kappa shape index (κ2) is 7.71. The van der Waals surface area contributed by atoms with Crippen LogP contribution in [0.5, 0.6) is 6.01 Å². The molecule has 2 rings (SSSR count). The van der Waals surface area contributed by atoms with Gasteiger partial charge in [0.1, 0.15) is 6.10 Å². The van der Waals surface area contributed by atoms with Crippen molar-refractivity contribution < 1.29 is 4.74 Å². The van der Waals surface area contributed by atoms with Crippen LogP contribution in [-0.4, -0.2) is 47.7 Å². The van der Waals surface area contributed by atoms with Gasteiger partial charge in [-0.3, -0.25) is 0 Å². The molecule has 1 aliphatic rings. The molecule has 0 bridgehead atoms. The van der Waals surface area contributed by atoms with Crippen molar-refractivity contribution in [2.24, 2.45) is 5.92 Å². The van der Waals surface area contributed by atoms with Gasteiger partial charge in [-0.2, -0.15) is 0 Å². The molecule has 0 aromatic carbocycles. The van der Waals surface area contributed by atoms with Crippen LogP contribution in [0.15, 0.2) is 6.20 Å². The Kier molecular flexibility index (Phi) is 5.94. The van der Waals surface area contributed by atoms with Crippen LogP contribution in [0.3, 0.4) is 0 Å². The Morgan fingerprint density at radius 3 is 2.71 bits per heavy atom. The van der Waals surface area contributed by atoms with E-state index in [1.807, 2.05) is 13.1 Å². The summed E-state index contributed by atoms with van der Waals surface area (Å²) >= 11 is 0. The van der Waals surface area contributed by atoms with Gasteiger partial charge < -0.3 is 15.0 Å². The summed E-state index contributed by atoms with van der Waals surface area (Å²) < 4.78 is 5.91. The molecule has 0 unspecified atom stereocenters. The third-order valence-electron chi connectivity index (χ3n) is 3.86. The zero-order valence-electron chi connectivity index (χ0n) is 13.7. The predicted octanol–water partition coefficient (Wildman–Crippen LogP) is 2.00. The number of hydrogen-bond donors (Lipinski definition) is 1. The number of aromatic nitrogens is 2. The number of piperidine rings is 1. The lowest BCUT2D eigenvalue weighted by Crippen LogP contribution is -2.36. The fourth-order valence-corrected chi connectivity index (χ4v) is 2.45. The molecule has 0 aliphatic carbocycles. The van der Waals surface area contributed by atoms with Crippen molar-refractivity contribution >= 4 is 0 Å². The molecule has 0 spiro atoms. The standard InChI is InChI=1S/C16H28N4O/c1-12(2)9-17-10-14-11-18-16(19-13(14)3)21-15-5-7-20(4)8-6-15/h11-12,15,17H,5-10H2,1-4H3. The highest BCUT2D eigenvalue weighted by Crippen LogP contribution is 2.16. The first kappa shape index (κ1) is 16.2. The molecule has 0 amide bonds. The molecule has 1 aliphatic heterocycles. The minimum absolute atomic E-state index is 0.255. The summed E-state index contributed by atoms with van der Waals surface area (Å²) in [5, 5.41) is 3.42. The first-order chi connectivity index (χ1) is 10.0. The smallest absolute Gasteiger partial charge is 0.316 e. The molecular weight excluding hydrogens is 264 g/mol. The van der Waals surface area contributed by atoms with Crippen molar-refractivity contribution in [3.05, 3.63) is 17.5 Å². The summed E-state index contributed by atoms with van der Waals surface area (Å²) in [6.07, 6.45) is 4.25. The highest BCUT2D eigenvalue weighted by molar-refractivity contribution is 5.17. The summed E-state index contributed by atoms with van der Waals surface area (Å²) in [4.78, 5) is 11.2. The SMILES string of the molecule is Cc1nc(OC2CCN(C)CC2)ncc1CNCC(C)C. The number of rotatable bonds is 6. The minimum Gasteiger partial charge on any atom is -0.460 e. The second-order valence-corrected chi connectivity index (χ2v) is 6.41. The Labute approximate surface area is 128 Å². The highest BCUT2D eigenvalue weighted by atomic mass is 16.5. The molecule has 0 atom stereocenters. The quantitative estimate of drug-likeness (QED) is 0.869. The molecule has 0 radical (unpaired) electrons. The average molecular weight is 292 g/mol. The van der Waals surface area contributed by atoms with Crippen LogP contribution in [0.1, 0.15) is 37.9 Å². The van der Waals surface area contributed by atoms with Crippen molar-refractivity contribution in [3.8, 4) is 6.01 Å². The zero-order chi connectivity index (χ0) is 15.2. The van der Waals surface area contributed by atoms with Crippen LogP contribution in [0.4, 0.5) is 0 Å². The van der Waals surface area contributed by atoms with Gasteiger partial charge in [-0.1, -0.05) is 13.8 Å². The van der Waals surface area contributed by atoms with E-state index in [0.717, 1.165) is 50.3 Å². The molecule has 5 heteroatoms. The van der Waals surface area contributed by atoms with Crippen LogP contribution in [0.2, 0.25) is 0 Å². The van der Waals surface area contributed by atoms with Gasteiger partial charge in [0.05, 0.1) is 0 Å². The Bertz CT molecular complexity index is 442. The first-order valence-electron chi connectivity index (χ1n) is 7.93. The number of hydrogen-bond acceptors (Lipinski definition) is 5. The lowest BCUT2D eigenvalue weighted by Gasteiger charge is -2.28. The number of ether oxygens (including phenoxy) is 1. The number of likely N-dealkylation sites (tertiary alicyclic amines) is 1. The Morgan fingerprint density at radius 1 is 1.38 bits per heavy atom. The molecule has 5 nitrogen and oxygen atoms in total. The van der Waals surface area contributed by atoms with E-state index in [1.54, 1.807) is 0 Å². The van der Waals surface area contributed by atoms with E-state index < -0.39 is 0 Å². The number of aryl methyl sites for hydroxylation is 1. The van der Waals surface area contributed by atoms with Crippen LogP contribution in [0, 0.1) is 12.8 Å². The minimum atomic E-state index is 0.255. The molecule has 118 valence electrons. The number of nitrogens with one attached hydrogen (secondary N) is 1. The molecular formula is C16H28N4O. The van der Waals surface area contributed by atoms with Crippen molar-refractivity contribution in [1.29, 1.82) is 0 Å². The van der Waals surface area contributed by atoms with E-state index in [2.05, 4.69) is 41.1 Å². The lowest BCUT2D eigenvalue weighted by atomic mass is 10.1. The van der Waals surface area contributed by atoms with Crippen LogP contribution >= 0.6 is 0 Å². The van der Waals surface area contributed by atoms with Gasteiger partial charge in [-0.25, -0.2) is 9.97 Å². The highest BCUT2D eigenvalue weighted by Gasteiger charge is 2.19. The maximum Gasteiger partial charge on any atom is 0.316 e. The predicted molar refractivity (Wildman–Crippen MR) is 84.5 cm³/mol. The van der Waals surface area contributed by atoms with E-state index in [-0.39, 0.29) is 6.10 Å². The molecule has 21 heavy (non-hydrogen) atoms. The van der Waals surface area contributed by atoms with Crippen molar-refractivity contribution in [2.45, 2.75) is 46.3 Å². The normalized spacial score (nSPS) is 17.4. The fourth-order valence-electron chi connectivity index (χ4n) is 2.45. The third-order valence-corrected chi connectivity index (χ3v) is 3.86. The molecule has 1 saturated heterocycles. The fraction of sp³-hybridized carbons (Fsp3) is 0.750. The Hall–Kier alpha value is -1.20. The van der Waals surface area contributed by atoms with E-state index in [1.165, 1.54) is 0 Å². The largest absolute Gasteiger partial charge is 0.460 e. The third kappa shape index (κ3) is 5.25. The van der Waals surface area contributed by atoms with Gasteiger partial charge in [-0.05, 0) is 39.3 Å². The van der Waals surface area contributed by atoms with E-state index in [9.17, 15) is 0 Å². The van der Waals surface area contributed by atoms with Crippen LogP contribution in [0.25, 0.3) is 0 Å². The summed E-state index contributed by atoms with van der Waals surface area (Å²) in [7, 11) is 2.15. The van der Waals surface area contributed by atoms with Gasteiger partial charge in [0.2, 0.25) is 0 Å². The van der Waals surface area contributed by atoms with E-state index in [0.29, 0.717) is 11.9 Å². The topological polar surface area (TPSA) is 50.3 Å². The monoisotopic (exact) mass is 292 g/mol. The summed E-state index contributed by atoms with van der Waals surface area (Å²) in [5.74, 6) is 0.651. The summed E-state index contributed by atoms with van der Waals surface area (Å²) in [5.41, 5.74) is 2.15. The van der Waals surface area contributed by atoms with Crippen molar-refractivity contribution in [1.82, 2.24) is 20.2 Å². The Balaban J connectivity index is 1.86. The second-order valence-electron chi connectivity index (χ2n) is 6.41. The van der Waals surface area contributed by atoms with Crippen LogP contribution < -0.4 is 10.1 Å². The molecule has 1 fully saturated rings. The molecule has 1 aromatic heterocycles. The van der Waals surface area contributed by atoms with E-state index >= 15 is 0 Å². The van der Waals surface area contributed by atoms with Crippen molar-refractivity contribution in [3.63, 3.8) is 0 Å². The first-order valence-corrected chi connectivity index (χ1v) is 7.93. The maximum absolute atomic E-state index is 5.91. The summed E-state index contributed by atoms with van der Waals surface area (Å²) in [6, 6.07) is 0.523.